The number of hydrogen-bond acceptors (Lipinski definition) is 4. The Bertz CT molecular complexity index is 1220. The summed E-state index contributed by atoms with van der Waals surface area (Å²) in [5, 5.41) is 4.19. The Morgan fingerprint density at radius 1 is 1.19 bits per heavy atom. The van der Waals surface area contributed by atoms with Crippen LogP contribution >= 0.6 is 0 Å². The van der Waals surface area contributed by atoms with Crippen LogP contribution in [0.1, 0.15) is 38.3 Å². The lowest BCUT2D eigenvalue weighted by Gasteiger charge is -2.08. The summed E-state index contributed by atoms with van der Waals surface area (Å²) in [4.78, 5) is 24.0. The van der Waals surface area contributed by atoms with Gasteiger partial charge in [-0.15, -0.1) is 0 Å². The minimum absolute atomic E-state index is 0.172. The van der Waals surface area contributed by atoms with Gasteiger partial charge in [0.1, 0.15) is 12.2 Å². The summed E-state index contributed by atoms with van der Waals surface area (Å²) in [7, 11) is 0. The fourth-order valence-corrected chi connectivity index (χ4v) is 3.07. The third-order valence-electron chi connectivity index (χ3n) is 4.45. The Labute approximate surface area is 176 Å². The van der Waals surface area contributed by atoms with Gasteiger partial charge in [0.05, 0.1) is 23.9 Å². The maximum atomic E-state index is 12.9. The monoisotopic (exact) mass is 432 g/mol. The molecule has 1 N–H and O–H groups in total. The van der Waals surface area contributed by atoms with Crippen molar-refractivity contribution in [1.29, 1.82) is 0 Å². The van der Waals surface area contributed by atoms with Crippen LogP contribution in [0.5, 0.6) is 0 Å². The van der Waals surface area contributed by atoms with Gasteiger partial charge in [-0.2, -0.15) is 18.3 Å². The lowest BCUT2D eigenvalue weighted by molar-refractivity contribution is -0.137. The number of halogens is 3. The average Bonchev–Trinajstić information content (AvgIpc) is 3.39. The number of hydrogen-bond donors (Lipinski definition) is 1. The molecular weight excluding hydrogens is 409 g/mol. The van der Waals surface area contributed by atoms with E-state index in [1.807, 2.05) is 20.8 Å². The van der Waals surface area contributed by atoms with Crippen molar-refractivity contribution in [2.24, 2.45) is 0 Å². The molecule has 0 atom stereocenters. The molecule has 7 nitrogen and oxygen atoms in total. The summed E-state index contributed by atoms with van der Waals surface area (Å²) in [6.07, 6.45) is 1.07. The summed E-state index contributed by atoms with van der Waals surface area (Å²) >= 11 is 0. The molecule has 31 heavy (non-hydrogen) atoms. The lowest BCUT2D eigenvalue weighted by Crippen LogP contribution is -2.20. The molecule has 4 rings (SSSR count). The number of benzene rings is 1. The van der Waals surface area contributed by atoms with Gasteiger partial charge >= 0.3 is 6.18 Å². The zero-order valence-electron chi connectivity index (χ0n) is 17.4. The highest BCUT2D eigenvalue weighted by Crippen LogP contribution is 2.29. The zero-order valence-corrected chi connectivity index (χ0v) is 17.4. The third kappa shape index (κ3) is 4.84. The number of aromatic nitrogens is 6. The van der Waals surface area contributed by atoms with Gasteiger partial charge in [0.15, 0.2) is 11.2 Å². The number of imidazole rings is 1. The normalized spacial score (nSPS) is 11.4. The Morgan fingerprint density at radius 2 is 1.97 bits per heavy atom. The van der Waals surface area contributed by atoms with Crippen molar-refractivity contribution in [3.8, 4) is 11.4 Å². The van der Waals surface area contributed by atoms with Gasteiger partial charge in [0, 0.05) is 12.7 Å². The van der Waals surface area contributed by atoms with E-state index in [4.69, 9.17) is 0 Å². The van der Waals surface area contributed by atoms with E-state index in [1.54, 1.807) is 12.3 Å². The summed E-state index contributed by atoms with van der Waals surface area (Å²) < 4.78 is 41.7. The first-order chi connectivity index (χ1) is 14.8. The van der Waals surface area contributed by atoms with Gasteiger partial charge in [0.25, 0.3) is 5.56 Å². The number of alkyl halides is 3. The predicted octanol–water partition coefficient (Wildman–Crippen LogP) is 4.49. The van der Waals surface area contributed by atoms with Crippen molar-refractivity contribution in [3.05, 3.63) is 64.5 Å². The van der Waals surface area contributed by atoms with Crippen molar-refractivity contribution in [3.63, 3.8) is 0 Å². The third-order valence-corrected chi connectivity index (χ3v) is 4.45. The Morgan fingerprint density at radius 3 is 2.68 bits per heavy atom. The largest absolute Gasteiger partial charge is 0.416 e. The van der Waals surface area contributed by atoms with E-state index in [0.717, 1.165) is 18.6 Å². The van der Waals surface area contributed by atoms with Gasteiger partial charge < -0.3 is 4.98 Å². The van der Waals surface area contributed by atoms with Crippen molar-refractivity contribution in [2.45, 2.75) is 46.5 Å². The van der Waals surface area contributed by atoms with Gasteiger partial charge in [-0.3, -0.25) is 14.0 Å². The molecule has 0 fully saturated rings. The first-order valence-corrected chi connectivity index (χ1v) is 9.99. The molecule has 0 aliphatic rings. The number of aryl methyl sites for hydroxylation is 1. The molecule has 0 amide bonds. The molecular formula is C21H23F3N6O. The van der Waals surface area contributed by atoms with Crippen LogP contribution in [0, 0.1) is 0 Å². The van der Waals surface area contributed by atoms with Crippen molar-refractivity contribution in [2.75, 3.05) is 0 Å². The van der Waals surface area contributed by atoms with Gasteiger partial charge in [-0.1, -0.05) is 32.9 Å². The van der Waals surface area contributed by atoms with E-state index in [0.29, 0.717) is 34.7 Å². The summed E-state index contributed by atoms with van der Waals surface area (Å²) in [5.41, 5.74) is 0.797. The van der Waals surface area contributed by atoms with Crippen LogP contribution in [0.4, 0.5) is 13.2 Å². The van der Waals surface area contributed by atoms with E-state index in [2.05, 4.69) is 20.1 Å². The maximum Gasteiger partial charge on any atom is 0.416 e. The van der Waals surface area contributed by atoms with Gasteiger partial charge in [0.2, 0.25) is 0 Å². The van der Waals surface area contributed by atoms with Crippen LogP contribution < -0.4 is 5.56 Å². The summed E-state index contributed by atoms with van der Waals surface area (Å²) in [6, 6.07) is 5.11. The molecule has 1 aromatic carbocycles. The minimum atomic E-state index is -4.39. The van der Waals surface area contributed by atoms with Crippen LogP contribution in [0.15, 0.2) is 47.8 Å². The molecule has 0 bridgehead atoms. The van der Waals surface area contributed by atoms with Crippen molar-refractivity contribution >= 4 is 11.2 Å². The SMILES string of the molecule is CC.CCCn1cnc2nc(-c3cnn(Cc4cccc(C(F)(F)F)c4)c3)[nH]c2c1=O. The first kappa shape index (κ1) is 22.3. The van der Waals surface area contributed by atoms with Gasteiger partial charge in [-0.25, -0.2) is 9.97 Å². The van der Waals surface area contributed by atoms with E-state index in [1.165, 1.54) is 27.8 Å². The predicted molar refractivity (Wildman–Crippen MR) is 112 cm³/mol. The van der Waals surface area contributed by atoms with Gasteiger partial charge in [-0.05, 0) is 24.1 Å². The molecule has 10 heteroatoms. The van der Waals surface area contributed by atoms with E-state index in [-0.39, 0.29) is 12.1 Å². The number of aromatic amines is 1. The molecule has 164 valence electrons. The molecule has 3 heterocycles. The Kier molecular flexibility index (Phi) is 6.57. The first-order valence-electron chi connectivity index (χ1n) is 9.99. The minimum Gasteiger partial charge on any atom is -0.332 e. The molecule has 0 aliphatic heterocycles. The van der Waals surface area contributed by atoms with Crippen LogP contribution in [-0.4, -0.2) is 29.3 Å². The molecule has 0 aliphatic carbocycles. The number of nitrogens with zero attached hydrogens (tertiary/aromatic N) is 5. The molecule has 0 saturated heterocycles. The quantitative estimate of drug-likeness (QED) is 0.504. The van der Waals surface area contributed by atoms with E-state index < -0.39 is 11.7 Å². The highest BCUT2D eigenvalue weighted by atomic mass is 19.4. The second-order valence-electron chi connectivity index (χ2n) is 6.65. The average molecular weight is 432 g/mol. The van der Waals surface area contributed by atoms with Crippen LogP contribution in [0.2, 0.25) is 0 Å². The highest BCUT2D eigenvalue weighted by molar-refractivity contribution is 5.74. The summed E-state index contributed by atoms with van der Waals surface area (Å²) in [5.74, 6) is 0.425. The van der Waals surface area contributed by atoms with Crippen LogP contribution in [0.25, 0.3) is 22.6 Å². The molecule has 3 aromatic heterocycles. The number of nitrogens with one attached hydrogen (secondary N) is 1. The number of H-pyrrole nitrogens is 1. The van der Waals surface area contributed by atoms with Crippen LogP contribution in [-0.2, 0) is 19.3 Å². The Balaban J connectivity index is 0.00000132. The molecule has 0 radical (unpaired) electrons. The smallest absolute Gasteiger partial charge is 0.332 e. The molecule has 0 unspecified atom stereocenters. The lowest BCUT2D eigenvalue weighted by atomic mass is 10.1. The number of rotatable bonds is 5. The molecule has 4 aromatic rings. The Hall–Kier alpha value is -3.43. The van der Waals surface area contributed by atoms with Crippen molar-refractivity contribution in [1.82, 2.24) is 29.3 Å². The second-order valence-corrected chi connectivity index (χ2v) is 6.65. The molecule has 0 saturated carbocycles. The standard InChI is InChI=1S/C19H17F3N6O.C2H6/c1-2-6-27-11-23-17-15(18(27)29)25-16(26-17)13-8-24-28(10-13)9-12-4-3-5-14(7-12)19(20,21)22;1-2/h3-5,7-8,10-11H,2,6,9H2,1H3,(H,25,26);1-2H3. The molecule has 0 spiro atoms. The van der Waals surface area contributed by atoms with E-state index in [9.17, 15) is 18.0 Å². The zero-order chi connectivity index (χ0) is 22.6. The highest BCUT2D eigenvalue weighted by Gasteiger charge is 2.30. The fraction of sp³-hybridized carbons (Fsp3) is 0.333. The fourth-order valence-electron chi connectivity index (χ4n) is 3.07. The maximum absolute atomic E-state index is 12.9. The van der Waals surface area contributed by atoms with Crippen molar-refractivity contribution < 1.29 is 13.2 Å². The topological polar surface area (TPSA) is 81.4 Å². The van der Waals surface area contributed by atoms with Crippen LogP contribution in [0.3, 0.4) is 0 Å². The second kappa shape index (κ2) is 9.15. The number of fused-ring (bicyclic) bond motifs is 1. The summed E-state index contributed by atoms with van der Waals surface area (Å²) in [6.45, 7) is 6.70. The van der Waals surface area contributed by atoms with E-state index >= 15 is 0 Å².